The minimum absolute atomic E-state index is 0.187. The highest BCUT2D eigenvalue weighted by Gasteiger charge is 2.41. The smallest absolute Gasteiger partial charge is 0.244 e. The molecule has 1 aromatic heterocycles. The van der Waals surface area contributed by atoms with Crippen LogP contribution in [0.1, 0.15) is 32.6 Å². The van der Waals surface area contributed by atoms with E-state index >= 15 is 0 Å². The number of carbonyl (C=O) groups excluding carboxylic acids is 1. The molecule has 1 fully saturated rings. The molecular formula is C12H16N4O. The molecule has 0 bridgehead atoms. The van der Waals surface area contributed by atoms with E-state index < -0.39 is 5.41 Å². The fourth-order valence-electron chi connectivity index (χ4n) is 2.22. The van der Waals surface area contributed by atoms with Crippen molar-refractivity contribution in [2.45, 2.75) is 39.2 Å². The standard InChI is InChI=1S/C12H16N4O/c1-2-16-8-10(7-14-16)15-11(17)12(9-13)5-3-4-6-12/h7-8H,2-6H2,1H3,(H,15,17). The molecule has 1 heterocycles. The minimum Gasteiger partial charge on any atom is -0.322 e. The van der Waals surface area contributed by atoms with Crippen LogP contribution in [-0.2, 0) is 11.3 Å². The Morgan fingerprint density at radius 2 is 2.35 bits per heavy atom. The van der Waals surface area contributed by atoms with Crippen LogP contribution in [-0.4, -0.2) is 15.7 Å². The van der Waals surface area contributed by atoms with Gasteiger partial charge in [0.1, 0.15) is 5.41 Å². The molecule has 0 aromatic carbocycles. The zero-order chi connectivity index (χ0) is 12.3. The normalized spacial score (nSPS) is 17.6. The van der Waals surface area contributed by atoms with Crippen molar-refractivity contribution < 1.29 is 4.79 Å². The Morgan fingerprint density at radius 1 is 1.65 bits per heavy atom. The first-order valence-electron chi connectivity index (χ1n) is 5.95. The maximum atomic E-state index is 12.1. The molecule has 1 N–H and O–H groups in total. The van der Waals surface area contributed by atoms with Gasteiger partial charge in [0.15, 0.2) is 0 Å². The van der Waals surface area contributed by atoms with Crippen LogP contribution in [0.15, 0.2) is 12.4 Å². The van der Waals surface area contributed by atoms with Crippen LogP contribution in [0.5, 0.6) is 0 Å². The van der Waals surface area contributed by atoms with Crippen molar-refractivity contribution in [2.24, 2.45) is 5.41 Å². The highest BCUT2D eigenvalue weighted by Crippen LogP contribution is 2.38. The van der Waals surface area contributed by atoms with Crippen molar-refractivity contribution >= 4 is 11.6 Å². The predicted octanol–water partition coefficient (Wildman–Crippen LogP) is 1.93. The molecule has 1 aliphatic carbocycles. The lowest BCUT2D eigenvalue weighted by Gasteiger charge is -2.18. The number of hydrogen-bond acceptors (Lipinski definition) is 3. The van der Waals surface area contributed by atoms with Gasteiger partial charge < -0.3 is 5.32 Å². The summed E-state index contributed by atoms with van der Waals surface area (Å²) in [6, 6.07) is 2.18. The zero-order valence-electron chi connectivity index (χ0n) is 9.94. The number of hydrogen-bond donors (Lipinski definition) is 1. The first-order valence-corrected chi connectivity index (χ1v) is 5.95. The Hall–Kier alpha value is -1.83. The highest BCUT2D eigenvalue weighted by atomic mass is 16.2. The summed E-state index contributed by atoms with van der Waals surface area (Å²) in [7, 11) is 0. The summed E-state index contributed by atoms with van der Waals surface area (Å²) in [6.45, 7) is 2.74. The molecule has 0 spiro atoms. The van der Waals surface area contributed by atoms with Gasteiger partial charge in [-0.15, -0.1) is 0 Å². The van der Waals surface area contributed by atoms with Gasteiger partial charge in [-0.1, -0.05) is 12.8 Å². The summed E-state index contributed by atoms with van der Waals surface area (Å²) >= 11 is 0. The summed E-state index contributed by atoms with van der Waals surface area (Å²) in [5, 5.41) is 16.1. The largest absolute Gasteiger partial charge is 0.322 e. The number of nitrogens with one attached hydrogen (secondary N) is 1. The van der Waals surface area contributed by atoms with E-state index in [0.29, 0.717) is 18.5 Å². The molecule has 1 saturated carbocycles. The number of amides is 1. The second kappa shape index (κ2) is 4.58. The van der Waals surface area contributed by atoms with Crippen LogP contribution in [0.3, 0.4) is 0 Å². The highest BCUT2D eigenvalue weighted by molar-refractivity contribution is 5.97. The lowest BCUT2D eigenvalue weighted by molar-refractivity contribution is -0.122. The summed E-state index contributed by atoms with van der Waals surface area (Å²) in [4.78, 5) is 12.1. The number of aryl methyl sites for hydroxylation is 1. The van der Waals surface area contributed by atoms with E-state index in [1.54, 1.807) is 17.1 Å². The number of anilines is 1. The van der Waals surface area contributed by atoms with Crippen LogP contribution >= 0.6 is 0 Å². The molecular weight excluding hydrogens is 216 g/mol. The van der Waals surface area contributed by atoms with Gasteiger partial charge in [-0.25, -0.2) is 0 Å². The van der Waals surface area contributed by atoms with Gasteiger partial charge in [0.05, 0.1) is 18.0 Å². The second-order valence-corrected chi connectivity index (χ2v) is 4.44. The van der Waals surface area contributed by atoms with Crippen molar-refractivity contribution in [1.29, 1.82) is 5.26 Å². The average molecular weight is 232 g/mol. The maximum absolute atomic E-state index is 12.1. The van der Waals surface area contributed by atoms with E-state index in [2.05, 4.69) is 16.5 Å². The molecule has 1 aromatic rings. The van der Waals surface area contributed by atoms with Gasteiger partial charge in [-0.3, -0.25) is 9.48 Å². The molecule has 0 atom stereocenters. The van der Waals surface area contributed by atoms with Gasteiger partial charge in [-0.05, 0) is 19.8 Å². The van der Waals surface area contributed by atoms with E-state index in [0.717, 1.165) is 19.4 Å². The van der Waals surface area contributed by atoms with Crippen molar-refractivity contribution in [1.82, 2.24) is 9.78 Å². The van der Waals surface area contributed by atoms with Gasteiger partial charge in [-0.2, -0.15) is 10.4 Å². The Morgan fingerprint density at radius 3 is 2.88 bits per heavy atom. The molecule has 0 aliphatic heterocycles. The van der Waals surface area contributed by atoms with Crippen LogP contribution in [0.2, 0.25) is 0 Å². The molecule has 0 saturated heterocycles. The van der Waals surface area contributed by atoms with Gasteiger partial charge in [0.25, 0.3) is 0 Å². The number of aromatic nitrogens is 2. The van der Waals surface area contributed by atoms with E-state index in [-0.39, 0.29) is 5.91 Å². The van der Waals surface area contributed by atoms with E-state index in [1.807, 2.05) is 6.92 Å². The molecule has 0 radical (unpaired) electrons. The topological polar surface area (TPSA) is 70.7 Å². The van der Waals surface area contributed by atoms with Crippen LogP contribution in [0, 0.1) is 16.7 Å². The Balaban J connectivity index is 2.08. The third-order valence-electron chi connectivity index (χ3n) is 3.32. The molecule has 5 nitrogen and oxygen atoms in total. The van der Waals surface area contributed by atoms with Crippen molar-refractivity contribution in [3.8, 4) is 6.07 Å². The van der Waals surface area contributed by atoms with Crippen LogP contribution in [0.25, 0.3) is 0 Å². The Kier molecular flexibility index (Phi) is 3.14. The molecule has 0 unspecified atom stereocenters. The second-order valence-electron chi connectivity index (χ2n) is 4.44. The summed E-state index contributed by atoms with van der Waals surface area (Å²) < 4.78 is 1.74. The summed E-state index contributed by atoms with van der Waals surface area (Å²) in [5.74, 6) is -0.187. The number of nitrogens with zero attached hydrogens (tertiary/aromatic N) is 3. The van der Waals surface area contributed by atoms with Crippen LogP contribution < -0.4 is 5.32 Å². The lowest BCUT2D eigenvalue weighted by Crippen LogP contribution is -2.32. The van der Waals surface area contributed by atoms with Crippen molar-refractivity contribution in [3.63, 3.8) is 0 Å². The van der Waals surface area contributed by atoms with Crippen molar-refractivity contribution in [2.75, 3.05) is 5.32 Å². The molecule has 5 heteroatoms. The van der Waals surface area contributed by atoms with E-state index in [9.17, 15) is 10.1 Å². The van der Waals surface area contributed by atoms with Gasteiger partial charge in [0.2, 0.25) is 5.91 Å². The average Bonchev–Trinajstić information content (AvgIpc) is 2.97. The number of nitriles is 1. The van der Waals surface area contributed by atoms with E-state index in [1.165, 1.54) is 0 Å². The lowest BCUT2D eigenvalue weighted by atomic mass is 9.87. The van der Waals surface area contributed by atoms with Crippen LogP contribution in [0.4, 0.5) is 5.69 Å². The van der Waals surface area contributed by atoms with Gasteiger partial charge in [0, 0.05) is 12.7 Å². The Bertz CT molecular complexity index is 451. The minimum atomic E-state index is -0.825. The fraction of sp³-hybridized carbons (Fsp3) is 0.583. The number of rotatable bonds is 3. The monoisotopic (exact) mass is 232 g/mol. The first-order chi connectivity index (χ1) is 8.20. The number of carbonyl (C=O) groups is 1. The molecule has 17 heavy (non-hydrogen) atoms. The zero-order valence-corrected chi connectivity index (χ0v) is 9.94. The van der Waals surface area contributed by atoms with Gasteiger partial charge >= 0.3 is 0 Å². The summed E-state index contributed by atoms with van der Waals surface area (Å²) in [5.41, 5.74) is -0.160. The maximum Gasteiger partial charge on any atom is 0.244 e. The summed E-state index contributed by atoms with van der Waals surface area (Å²) in [6.07, 6.45) is 6.62. The molecule has 1 amide bonds. The predicted molar refractivity (Wildman–Crippen MR) is 63.0 cm³/mol. The molecule has 90 valence electrons. The quantitative estimate of drug-likeness (QED) is 0.865. The van der Waals surface area contributed by atoms with Crippen molar-refractivity contribution in [3.05, 3.63) is 12.4 Å². The fourth-order valence-corrected chi connectivity index (χ4v) is 2.22. The Labute approximate surface area is 100 Å². The SMILES string of the molecule is CCn1cc(NC(=O)C2(C#N)CCCC2)cn1. The third-order valence-corrected chi connectivity index (χ3v) is 3.32. The van der Waals surface area contributed by atoms with E-state index in [4.69, 9.17) is 0 Å². The third kappa shape index (κ3) is 2.16. The molecule has 1 aliphatic rings. The first kappa shape index (κ1) is 11.6. The molecule has 2 rings (SSSR count).